The highest BCUT2D eigenvalue weighted by Crippen LogP contribution is 2.22. The number of amides is 1. The molecule has 27 heavy (non-hydrogen) atoms. The predicted molar refractivity (Wildman–Crippen MR) is 101 cm³/mol. The Morgan fingerprint density at radius 3 is 2.37 bits per heavy atom. The number of benzene rings is 2. The van der Waals surface area contributed by atoms with Gasteiger partial charge in [-0.05, 0) is 48.9 Å². The quantitative estimate of drug-likeness (QED) is 0.611. The van der Waals surface area contributed by atoms with E-state index in [1.54, 1.807) is 35.2 Å². The fraction of sp³-hybridized carbons (Fsp3) is 0.238. The van der Waals surface area contributed by atoms with Crippen LogP contribution in [0.5, 0.6) is 0 Å². The molecule has 1 saturated heterocycles. The number of ketones is 1. The van der Waals surface area contributed by atoms with Gasteiger partial charge < -0.3 is 9.80 Å². The van der Waals surface area contributed by atoms with Gasteiger partial charge in [0.25, 0.3) is 0 Å². The molecule has 0 radical (unpaired) electrons. The summed E-state index contributed by atoms with van der Waals surface area (Å²) in [6, 6.07) is 10.5. The van der Waals surface area contributed by atoms with E-state index in [9.17, 15) is 18.4 Å². The molecule has 0 aromatic heterocycles. The minimum absolute atomic E-state index is 0.161. The van der Waals surface area contributed by atoms with E-state index in [0.717, 1.165) is 0 Å². The number of piperazine rings is 1. The van der Waals surface area contributed by atoms with Crippen LogP contribution >= 0.6 is 0 Å². The van der Waals surface area contributed by atoms with E-state index in [1.165, 1.54) is 31.2 Å². The molecule has 1 amide bonds. The average Bonchev–Trinajstić information content (AvgIpc) is 2.66. The maximum atomic E-state index is 14.3. The minimum atomic E-state index is -0.437. The van der Waals surface area contributed by atoms with Gasteiger partial charge in [-0.1, -0.05) is 12.1 Å². The summed E-state index contributed by atoms with van der Waals surface area (Å²) in [5, 5.41) is 0. The topological polar surface area (TPSA) is 40.6 Å². The third-order valence-corrected chi connectivity index (χ3v) is 4.55. The van der Waals surface area contributed by atoms with Gasteiger partial charge in [-0.3, -0.25) is 9.59 Å². The third kappa shape index (κ3) is 4.58. The molecule has 0 N–H and O–H groups in total. The second kappa shape index (κ2) is 8.12. The van der Waals surface area contributed by atoms with Crippen molar-refractivity contribution in [2.45, 2.75) is 6.92 Å². The number of anilines is 1. The minimum Gasteiger partial charge on any atom is -0.366 e. The van der Waals surface area contributed by atoms with Crippen molar-refractivity contribution < 1.29 is 18.4 Å². The molecule has 0 atom stereocenters. The predicted octanol–water partition coefficient (Wildman–Crippen LogP) is 3.53. The first-order chi connectivity index (χ1) is 12.9. The van der Waals surface area contributed by atoms with Crippen molar-refractivity contribution in [3.8, 4) is 0 Å². The van der Waals surface area contributed by atoms with Crippen molar-refractivity contribution in [2.75, 3.05) is 31.1 Å². The molecular weight excluding hydrogens is 350 g/mol. The molecule has 0 saturated carbocycles. The number of halogens is 2. The Morgan fingerprint density at radius 1 is 1.00 bits per heavy atom. The molecule has 6 heteroatoms. The van der Waals surface area contributed by atoms with Gasteiger partial charge in [0.2, 0.25) is 5.91 Å². The van der Waals surface area contributed by atoms with Crippen LogP contribution in [0.25, 0.3) is 6.08 Å². The van der Waals surface area contributed by atoms with Gasteiger partial charge in [0.15, 0.2) is 5.78 Å². The van der Waals surface area contributed by atoms with Crippen molar-refractivity contribution in [3.05, 3.63) is 71.3 Å². The van der Waals surface area contributed by atoms with E-state index in [-0.39, 0.29) is 17.5 Å². The lowest BCUT2D eigenvalue weighted by molar-refractivity contribution is -0.126. The number of hydrogen-bond acceptors (Lipinski definition) is 3. The lowest BCUT2D eigenvalue weighted by Crippen LogP contribution is -2.48. The van der Waals surface area contributed by atoms with Crippen molar-refractivity contribution in [1.29, 1.82) is 0 Å². The Labute approximate surface area is 156 Å². The summed E-state index contributed by atoms with van der Waals surface area (Å²) in [4.78, 5) is 27.2. The highest BCUT2D eigenvalue weighted by Gasteiger charge is 2.22. The van der Waals surface area contributed by atoms with Crippen LogP contribution in [0, 0.1) is 11.6 Å². The van der Waals surface area contributed by atoms with E-state index >= 15 is 0 Å². The summed E-state index contributed by atoms with van der Waals surface area (Å²) in [6.07, 6.45) is 3.00. The summed E-state index contributed by atoms with van der Waals surface area (Å²) in [5.41, 5.74) is 1.39. The van der Waals surface area contributed by atoms with Crippen molar-refractivity contribution in [2.24, 2.45) is 0 Å². The molecule has 2 aromatic rings. The first kappa shape index (κ1) is 18.8. The van der Waals surface area contributed by atoms with Gasteiger partial charge in [-0.15, -0.1) is 0 Å². The van der Waals surface area contributed by atoms with E-state index in [4.69, 9.17) is 0 Å². The Balaban J connectivity index is 1.60. The Bertz CT molecular complexity index is 888. The van der Waals surface area contributed by atoms with Gasteiger partial charge in [-0.2, -0.15) is 0 Å². The highest BCUT2D eigenvalue weighted by molar-refractivity contribution is 5.94. The molecule has 0 unspecified atom stereocenters. The van der Waals surface area contributed by atoms with Crippen LogP contribution in [0.15, 0.2) is 48.5 Å². The van der Waals surface area contributed by atoms with Gasteiger partial charge in [0.1, 0.15) is 11.6 Å². The fourth-order valence-electron chi connectivity index (χ4n) is 3.03. The molecule has 0 spiro atoms. The SMILES string of the molecule is CC(=O)c1ccc(N2CCN(C(=O)C=Cc3cccc(F)c3)CC2)c(F)c1. The molecule has 4 nitrogen and oxygen atoms in total. The number of rotatable bonds is 4. The highest BCUT2D eigenvalue weighted by atomic mass is 19.1. The maximum Gasteiger partial charge on any atom is 0.246 e. The Hall–Kier alpha value is -3.02. The van der Waals surface area contributed by atoms with Crippen LogP contribution in [0.1, 0.15) is 22.8 Å². The molecule has 1 aliphatic rings. The van der Waals surface area contributed by atoms with E-state index in [0.29, 0.717) is 43.0 Å². The van der Waals surface area contributed by atoms with Gasteiger partial charge in [0, 0.05) is 37.8 Å². The number of hydrogen-bond donors (Lipinski definition) is 0. The number of carbonyl (C=O) groups is 2. The summed E-state index contributed by atoms with van der Waals surface area (Å²) in [6.45, 7) is 3.31. The van der Waals surface area contributed by atoms with Gasteiger partial charge >= 0.3 is 0 Å². The summed E-state index contributed by atoms with van der Waals surface area (Å²) >= 11 is 0. The zero-order valence-corrected chi connectivity index (χ0v) is 15.0. The van der Waals surface area contributed by atoms with Crippen molar-refractivity contribution in [1.82, 2.24) is 4.90 Å². The lowest BCUT2D eigenvalue weighted by Gasteiger charge is -2.35. The lowest BCUT2D eigenvalue weighted by atomic mass is 10.1. The Kier molecular flexibility index (Phi) is 5.64. The van der Waals surface area contributed by atoms with Crippen molar-refractivity contribution >= 4 is 23.5 Å². The second-order valence-corrected chi connectivity index (χ2v) is 6.42. The fourth-order valence-corrected chi connectivity index (χ4v) is 3.03. The largest absolute Gasteiger partial charge is 0.366 e. The number of Topliss-reactive ketones (excluding diaryl/α,β-unsaturated/α-hetero) is 1. The van der Waals surface area contributed by atoms with E-state index in [1.807, 2.05) is 4.90 Å². The van der Waals surface area contributed by atoms with E-state index < -0.39 is 5.82 Å². The van der Waals surface area contributed by atoms with Gasteiger partial charge in [-0.25, -0.2) is 8.78 Å². The van der Waals surface area contributed by atoms with Crippen LogP contribution in [-0.4, -0.2) is 42.8 Å². The molecule has 0 bridgehead atoms. The summed E-state index contributed by atoms with van der Waals surface area (Å²) in [5.74, 6) is -1.13. The van der Waals surface area contributed by atoms with Gasteiger partial charge in [0.05, 0.1) is 5.69 Å². The van der Waals surface area contributed by atoms with Crippen LogP contribution in [0.3, 0.4) is 0 Å². The van der Waals surface area contributed by atoms with Crippen molar-refractivity contribution in [3.63, 3.8) is 0 Å². The first-order valence-corrected chi connectivity index (χ1v) is 8.72. The average molecular weight is 370 g/mol. The molecule has 0 aliphatic carbocycles. The molecule has 2 aromatic carbocycles. The summed E-state index contributed by atoms with van der Waals surface area (Å²) < 4.78 is 27.4. The zero-order valence-electron chi connectivity index (χ0n) is 15.0. The maximum absolute atomic E-state index is 14.3. The second-order valence-electron chi connectivity index (χ2n) is 6.42. The van der Waals surface area contributed by atoms with Crippen LogP contribution in [0.2, 0.25) is 0 Å². The molecular formula is C21H20F2N2O2. The third-order valence-electron chi connectivity index (χ3n) is 4.55. The summed E-state index contributed by atoms with van der Waals surface area (Å²) in [7, 11) is 0. The van der Waals surface area contributed by atoms with E-state index in [2.05, 4.69) is 0 Å². The normalized spacial score (nSPS) is 14.6. The first-order valence-electron chi connectivity index (χ1n) is 8.72. The number of carbonyl (C=O) groups excluding carboxylic acids is 2. The molecule has 1 fully saturated rings. The number of nitrogens with zero attached hydrogens (tertiary/aromatic N) is 2. The zero-order chi connectivity index (χ0) is 19.4. The smallest absolute Gasteiger partial charge is 0.246 e. The molecule has 140 valence electrons. The van der Waals surface area contributed by atoms with Crippen LogP contribution in [0.4, 0.5) is 14.5 Å². The standard InChI is InChI=1S/C21H20F2N2O2/c1-15(26)17-6-7-20(19(23)14-17)24-9-11-25(12-10-24)21(27)8-5-16-3-2-4-18(22)13-16/h2-8,13-14H,9-12H2,1H3. The molecule has 1 heterocycles. The Morgan fingerprint density at radius 2 is 1.74 bits per heavy atom. The van der Waals surface area contributed by atoms with Crippen LogP contribution in [-0.2, 0) is 4.79 Å². The van der Waals surface area contributed by atoms with Crippen LogP contribution < -0.4 is 4.90 Å². The molecule has 3 rings (SSSR count). The monoisotopic (exact) mass is 370 g/mol. The molecule has 1 aliphatic heterocycles.